The third kappa shape index (κ3) is 8.41. The second kappa shape index (κ2) is 11.9. The number of benzene rings is 1. The van der Waals surface area contributed by atoms with Crippen LogP contribution in [0.4, 0.5) is 4.79 Å². The highest BCUT2D eigenvalue weighted by Crippen LogP contribution is 2.23. The van der Waals surface area contributed by atoms with E-state index >= 15 is 0 Å². The number of nitrogens with zero attached hydrogens (tertiary/aromatic N) is 1. The minimum absolute atomic E-state index is 0.0311. The SMILES string of the molecule is C=CCN(C(=O)C(C)NC(=O)OC(C)(C)C)C(C(=O)NCC(=O)OC)c1ccc(C)cc1. The van der Waals surface area contributed by atoms with Gasteiger partial charge in [0, 0.05) is 6.54 Å². The molecule has 1 aromatic carbocycles. The van der Waals surface area contributed by atoms with Crippen molar-refractivity contribution in [3.05, 3.63) is 48.0 Å². The number of nitrogens with one attached hydrogen (secondary N) is 2. The Kier molecular flexibility index (Phi) is 9.90. The minimum atomic E-state index is -1.06. The molecule has 0 saturated heterocycles. The fourth-order valence-corrected chi connectivity index (χ4v) is 2.81. The van der Waals surface area contributed by atoms with Crippen LogP contribution < -0.4 is 10.6 Å². The molecule has 0 bridgehead atoms. The Morgan fingerprint density at radius 2 is 1.75 bits per heavy atom. The van der Waals surface area contributed by atoms with E-state index in [0.29, 0.717) is 5.56 Å². The van der Waals surface area contributed by atoms with E-state index in [1.807, 2.05) is 19.1 Å². The lowest BCUT2D eigenvalue weighted by molar-refractivity contribution is -0.144. The lowest BCUT2D eigenvalue weighted by Crippen LogP contribution is -2.52. The molecular formula is C23H33N3O6. The van der Waals surface area contributed by atoms with Crippen LogP contribution in [-0.4, -0.2) is 60.6 Å². The van der Waals surface area contributed by atoms with Gasteiger partial charge in [-0.3, -0.25) is 14.4 Å². The standard InChI is InChI=1S/C23H33N3O6/c1-8-13-26(21(29)16(3)25-22(30)32-23(4,5)6)19(17-11-9-15(2)10-12-17)20(28)24-14-18(27)31-7/h8-12,16,19H,1,13-14H2,2-7H3,(H,24,28)(H,25,30). The lowest BCUT2D eigenvalue weighted by atomic mass is 10.0. The Morgan fingerprint density at radius 3 is 2.25 bits per heavy atom. The molecule has 0 fully saturated rings. The summed E-state index contributed by atoms with van der Waals surface area (Å²) in [6, 6.07) is 5.05. The van der Waals surface area contributed by atoms with E-state index in [2.05, 4.69) is 21.9 Å². The number of carbonyl (C=O) groups is 4. The number of ether oxygens (including phenoxy) is 2. The summed E-state index contributed by atoms with van der Waals surface area (Å²) in [5.74, 6) is -1.71. The second-order valence-corrected chi connectivity index (χ2v) is 8.25. The van der Waals surface area contributed by atoms with Crippen LogP contribution in [0.2, 0.25) is 0 Å². The summed E-state index contributed by atoms with van der Waals surface area (Å²) in [5.41, 5.74) is 0.785. The summed E-state index contributed by atoms with van der Waals surface area (Å²) >= 11 is 0. The topological polar surface area (TPSA) is 114 Å². The third-order valence-electron chi connectivity index (χ3n) is 4.30. The summed E-state index contributed by atoms with van der Waals surface area (Å²) in [6.45, 7) is 11.9. The van der Waals surface area contributed by atoms with Crippen LogP contribution in [0.5, 0.6) is 0 Å². The van der Waals surface area contributed by atoms with Crippen LogP contribution in [-0.2, 0) is 23.9 Å². The number of carbonyl (C=O) groups excluding carboxylic acids is 4. The first-order valence-electron chi connectivity index (χ1n) is 10.2. The molecule has 1 aromatic rings. The van der Waals surface area contributed by atoms with E-state index in [-0.39, 0.29) is 13.1 Å². The summed E-state index contributed by atoms with van der Waals surface area (Å²) in [6.07, 6.45) is 0.728. The zero-order chi connectivity index (χ0) is 24.5. The Labute approximate surface area is 189 Å². The van der Waals surface area contributed by atoms with Gasteiger partial charge in [-0.15, -0.1) is 6.58 Å². The average molecular weight is 448 g/mol. The largest absolute Gasteiger partial charge is 0.468 e. The molecule has 0 heterocycles. The Hall–Kier alpha value is -3.36. The molecule has 9 nitrogen and oxygen atoms in total. The predicted molar refractivity (Wildman–Crippen MR) is 120 cm³/mol. The number of hydrogen-bond acceptors (Lipinski definition) is 6. The number of rotatable bonds is 9. The van der Waals surface area contributed by atoms with Crippen molar-refractivity contribution in [2.45, 2.75) is 52.3 Å². The van der Waals surface area contributed by atoms with Gasteiger partial charge in [-0.25, -0.2) is 4.79 Å². The number of amides is 3. The molecule has 0 aliphatic heterocycles. The van der Waals surface area contributed by atoms with Crippen LogP contribution in [0.3, 0.4) is 0 Å². The lowest BCUT2D eigenvalue weighted by Gasteiger charge is -2.32. The van der Waals surface area contributed by atoms with Gasteiger partial charge in [0.1, 0.15) is 24.2 Å². The number of esters is 1. The molecule has 32 heavy (non-hydrogen) atoms. The third-order valence-corrected chi connectivity index (χ3v) is 4.30. The minimum Gasteiger partial charge on any atom is -0.468 e. The zero-order valence-electron chi connectivity index (χ0n) is 19.6. The highest BCUT2D eigenvalue weighted by molar-refractivity contribution is 5.93. The van der Waals surface area contributed by atoms with E-state index in [1.54, 1.807) is 32.9 Å². The van der Waals surface area contributed by atoms with E-state index < -0.39 is 41.6 Å². The highest BCUT2D eigenvalue weighted by atomic mass is 16.6. The molecule has 0 radical (unpaired) electrons. The quantitative estimate of drug-likeness (QED) is 0.443. The van der Waals surface area contributed by atoms with Crippen molar-refractivity contribution in [3.63, 3.8) is 0 Å². The van der Waals surface area contributed by atoms with Crippen molar-refractivity contribution in [2.75, 3.05) is 20.2 Å². The maximum atomic E-state index is 13.3. The van der Waals surface area contributed by atoms with E-state index in [0.717, 1.165) is 5.56 Å². The molecule has 0 aliphatic rings. The molecular weight excluding hydrogens is 414 g/mol. The van der Waals surface area contributed by atoms with Crippen LogP contribution in [0.15, 0.2) is 36.9 Å². The van der Waals surface area contributed by atoms with Crippen LogP contribution in [0, 0.1) is 6.92 Å². The predicted octanol–water partition coefficient (Wildman–Crippen LogP) is 2.25. The maximum Gasteiger partial charge on any atom is 0.408 e. The summed E-state index contributed by atoms with van der Waals surface area (Å²) in [7, 11) is 1.21. The Balaban J connectivity index is 3.21. The van der Waals surface area contributed by atoms with Crippen molar-refractivity contribution in [1.29, 1.82) is 0 Å². The zero-order valence-corrected chi connectivity index (χ0v) is 19.6. The molecule has 1 rings (SSSR count). The molecule has 2 unspecified atom stereocenters. The van der Waals surface area contributed by atoms with Crippen molar-refractivity contribution in [2.24, 2.45) is 0 Å². The van der Waals surface area contributed by atoms with Crippen molar-refractivity contribution in [3.8, 4) is 0 Å². The molecule has 0 aromatic heterocycles. The molecule has 2 atom stereocenters. The average Bonchev–Trinajstić information content (AvgIpc) is 2.70. The van der Waals surface area contributed by atoms with E-state index in [9.17, 15) is 19.2 Å². The van der Waals surface area contributed by atoms with Gasteiger partial charge in [-0.1, -0.05) is 35.9 Å². The van der Waals surface area contributed by atoms with Gasteiger partial charge >= 0.3 is 12.1 Å². The normalized spacial score (nSPS) is 12.7. The fourth-order valence-electron chi connectivity index (χ4n) is 2.81. The Morgan fingerprint density at radius 1 is 1.16 bits per heavy atom. The molecule has 176 valence electrons. The number of hydrogen-bond donors (Lipinski definition) is 2. The van der Waals surface area contributed by atoms with Crippen LogP contribution >= 0.6 is 0 Å². The number of alkyl carbamates (subject to hydrolysis) is 1. The summed E-state index contributed by atoms with van der Waals surface area (Å²) in [4.78, 5) is 51.2. The fraction of sp³-hybridized carbons (Fsp3) is 0.478. The second-order valence-electron chi connectivity index (χ2n) is 8.25. The molecule has 0 saturated carbocycles. The maximum absolute atomic E-state index is 13.3. The molecule has 9 heteroatoms. The molecule has 3 amide bonds. The highest BCUT2D eigenvalue weighted by Gasteiger charge is 2.34. The van der Waals surface area contributed by atoms with Crippen LogP contribution in [0.1, 0.15) is 44.9 Å². The monoisotopic (exact) mass is 447 g/mol. The van der Waals surface area contributed by atoms with Gasteiger partial charge in [0.15, 0.2) is 0 Å². The van der Waals surface area contributed by atoms with Gasteiger partial charge in [0.05, 0.1) is 7.11 Å². The molecule has 0 aliphatic carbocycles. The smallest absolute Gasteiger partial charge is 0.408 e. The van der Waals surface area contributed by atoms with E-state index in [4.69, 9.17) is 4.74 Å². The Bertz CT molecular complexity index is 829. The van der Waals surface area contributed by atoms with Gasteiger partial charge in [0.25, 0.3) is 0 Å². The number of methoxy groups -OCH3 is 1. The summed E-state index contributed by atoms with van der Waals surface area (Å²) < 4.78 is 9.78. The van der Waals surface area contributed by atoms with Gasteiger partial charge in [0.2, 0.25) is 11.8 Å². The first-order chi connectivity index (χ1) is 14.9. The first-order valence-corrected chi connectivity index (χ1v) is 10.2. The van der Waals surface area contributed by atoms with E-state index in [1.165, 1.54) is 25.0 Å². The number of aryl methyl sites for hydroxylation is 1. The van der Waals surface area contributed by atoms with Crippen molar-refractivity contribution in [1.82, 2.24) is 15.5 Å². The van der Waals surface area contributed by atoms with Gasteiger partial charge < -0.3 is 25.0 Å². The van der Waals surface area contributed by atoms with Gasteiger partial charge in [-0.2, -0.15) is 0 Å². The first kappa shape index (κ1) is 26.7. The van der Waals surface area contributed by atoms with Gasteiger partial charge in [-0.05, 0) is 40.2 Å². The van der Waals surface area contributed by atoms with Crippen LogP contribution in [0.25, 0.3) is 0 Å². The van der Waals surface area contributed by atoms with Crippen molar-refractivity contribution >= 4 is 23.9 Å². The summed E-state index contributed by atoms with van der Waals surface area (Å²) in [5, 5.41) is 4.99. The molecule has 2 N–H and O–H groups in total. The van der Waals surface area contributed by atoms with Crippen molar-refractivity contribution < 1.29 is 28.7 Å². The molecule has 0 spiro atoms.